The van der Waals surface area contributed by atoms with E-state index in [0.29, 0.717) is 35.9 Å². The predicted octanol–water partition coefficient (Wildman–Crippen LogP) is 1.29. The number of likely N-dealkylation sites (N-methyl/N-ethyl adjacent to an activating group) is 1. The number of piperidine rings is 3. The lowest BCUT2D eigenvalue weighted by Gasteiger charge is -2.52. The van der Waals surface area contributed by atoms with Gasteiger partial charge >= 0.3 is 0 Å². The lowest BCUT2D eigenvalue weighted by atomic mass is 9.76. The lowest BCUT2D eigenvalue weighted by molar-refractivity contribution is -0.142. The fraction of sp³-hybridized carbons (Fsp3) is 0.720. The molecule has 4 aliphatic heterocycles. The molecule has 8 heteroatoms. The van der Waals surface area contributed by atoms with Crippen LogP contribution in [0.4, 0.5) is 5.82 Å². The molecule has 5 heterocycles. The Balaban J connectivity index is 1.12. The summed E-state index contributed by atoms with van der Waals surface area (Å²) >= 11 is 0. The molecule has 0 saturated carbocycles. The topological polar surface area (TPSA) is 72.0 Å². The summed E-state index contributed by atoms with van der Waals surface area (Å²) < 4.78 is 0. The molecule has 0 aromatic carbocycles. The fourth-order valence-corrected chi connectivity index (χ4v) is 6.26. The van der Waals surface area contributed by atoms with Crippen molar-refractivity contribution in [2.45, 2.75) is 38.6 Å². The van der Waals surface area contributed by atoms with Gasteiger partial charge in [-0.25, -0.2) is 4.98 Å². The van der Waals surface area contributed by atoms with Crippen LogP contribution in [0.1, 0.15) is 43.0 Å². The summed E-state index contributed by atoms with van der Waals surface area (Å²) in [4.78, 5) is 39.0. The molecule has 1 N–H and O–H groups in total. The zero-order valence-corrected chi connectivity index (χ0v) is 19.9. The lowest BCUT2D eigenvalue weighted by Crippen LogP contribution is -2.60. The number of hydrogen-bond acceptors (Lipinski definition) is 6. The highest BCUT2D eigenvalue weighted by molar-refractivity contribution is 5.94. The normalized spacial score (nSPS) is 28.5. The van der Waals surface area contributed by atoms with Crippen molar-refractivity contribution >= 4 is 17.6 Å². The van der Waals surface area contributed by atoms with Crippen molar-refractivity contribution in [2.75, 3.05) is 70.3 Å². The van der Waals surface area contributed by atoms with Gasteiger partial charge < -0.3 is 20.0 Å². The van der Waals surface area contributed by atoms with Gasteiger partial charge in [0.1, 0.15) is 5.82 Å². The second-order valence-electron chi connectivity index (χ2n) is 10.2. The van der Waals surface area contributed by atoms with Crippen LogP contribution in [0.25, 0.3) is 0 Å². The highest BCUT2D eigenvalue weighted by atomic mass is 16.2. The Morgan fingerprint density at radius 1 is 1.12 bits per heavy atom. The van der Waals surface area contributed by atoms with Gasteiger partial charge in [-0.1, -0.05) is 6.92 Å². The largest absolute Gasteiger partial charge is 0.356 e. The first-order chi connectivity index (χ1) is 16.1. The molecule has 3 atom stereocenters. The van der Waals surface area contributed by atoms with Gasteiger partial charge in [0.05, 0.1) is 5.56 Å². The van der Waals surface area contributed by atoms with Crippen LogP contribution in [0, 0.1) is 11.8 Å². The molecule has 33 heavy (non-hydrogen) atoms. The van der Waals surface area contributed by atoms with Crippen LogP contribution in [-0.2, 0) is 4.79 Å². The molecular weight excluding hydrogens is 416 g/mol. The van der Waals surface area contributed by atoms with E-state index < -0.39 is 0 Å². The molecule has 0 spiro atoms. The zero-order chi connectivity index (χ0) is 22.8. The van der Waals surface area contributed by atoms with E-state index >= 15 is 0 Å². The molecular formula is C25H38N6O2. The summed E-state index contributed by atoms with van der Waals surface area (Å²) in [5, 5.41) is 3.05. The SMILES string of the molecule is CCN1CCN(CCNC(=O)c2ccc(N3CC4CC(C3)[C@H]3CCCC(=O)N3C4)nc2)CC1. The molecule has 5 rings (SSSR count). The maximum Gasteiger partial charge on any atom is 0.252 e. The van der Waals surface area contributed by atoms with Crippen LogP contribution < -0.4 is 10.2 Å². The minimum atomic E-state index is -0.0480. The number of nitrogens with one attached hydrogen (secondary N) is 1. The Kier molecular flexibility index (Phi) is 6.83. The van der Waals surface area contributed by atoms with Crippen molar-refractivity contribution in [3.05, 3.63) is 23.9 Å². The number of amides is 2. The van der Waals surface area contributed by atoms with Gasteiger partial charge in [-0.15, -0.1) is 0 Å². The van der Waals surface area contributed by atoms with Gasteiger partial charge in [-0.2, -0.15) is 0 Å². The molecule has 1 aromatic heterocycles. The van der Waals surface area contributed by atoms with E-state index in [1.807, 2.05) is 12.1 Å². The number of carbonyl (C=O) groups is 2. The Bertz CT molecular complexity index is 838. The first-order valence-corrected chi connectivity index (χ1v) is 12.8. The minimum absolute atomic E-state index is 0.0480. The first-order valence-electron chi connectivity index (χ1n) is 12.8. The highest BCUT2D eigenvalue weighted by Crippen LogP contribution is 2.38. The molecule has 4 saturated heterocycles. The van der Waals surface area contributed by atoms with E-state index in [1.54, 1.807) is 6.20 Å². The van der Waals surface area contributed by atoms with E-state index in [9.17, 15) is 9.59 Å². The average molecular weight is 455 g/mol. The molecule has 8 nitrogen and oxygen atoms in total. The van der Waals surface area contributed by atoms with Crippen molar-refractivity contribution in [1.29, 1.82) is 0 Å². The first kappa shape index (κ1) is 22.6. The molecule has 0 radical (unpaired) electrons. The van der Waals surface area contributed by atoms with Crippen LogP contribution in [0.2, 0.25) is 0 Å². The number of aromatic nitrogens is 1. The van der Waals surface area contributed by atoms with Gasteiger partial charge in [0.2, 0.25) is 5.91 Å². The number of nitrogens with zero attached hydrogens (tertiary/aromatic N) is 5. The summed E-state index contributed by atoms with van der Waals surface area (Å²) in [7, 11) is 0. The molecule has 0 aliphatic carbocycles. The van der Waals surface area contributed by atoms with E-state index in [1.165, 1.54) is 6.42 Å². The van der Waals surface area contributed by atoms with E-state index in [4.69, 9.17) is 0 Å². The number of hydrogen-bond donors (Lipinski definition) is 1. The Morgan fingerprint density at radius 2 is 1.94 bits per heavy atom. The molecule has 2 bridgehead atoms. The Labute approximate surface area is 197 Å². The van der Waals surface area contributed by atoms with Crippen LogP contribution in [0.15, 0.2) is 18.3 Å². The van der Waals surface area contributed by atoms with Crippen molar-refractivity contribution in [3.63, 3.8) is 0 Å². The average Bonchev–Trinajstić information content (AvgIpc) is 2.85. The van der Waals surface area contributed by atoms with Crippen LogP contribution in [0.5, 0.6) is 0 Å². The maximum atomic E-state index is 12.6. The number of pyridine rings is 1. The molecule has 4 aliphatic rings. The fourth-order valence-electron chi connectivity index (χ4n) is 6.26. The standard InChI is InChI=1S/C25H38N6O2/c1-2-28-10-12-29(13-11-28)9-8-26-25(33)20-6-7-23(27-15-20)30-16-19-14-21(18-30)22-4-3-5-24(32)31(22)17-19/h6-7,15,19,21-22H,2-5,8-14,16-18H2,1H3,(H,26,33)/t19?,21?,22-/m1/s1. The smallest absolute Gasteiger partial charge is 0.252 e. The summed E-state index contributed by atoms with van der Waals surface area (Å²) in [6, 6.07) is 4.29. The summed E-state index contributed by atoms with van der Waals surface area (Å²) in [6.45, 7) is 12.0. The number of anilines is 1. The third-order valence-corrected chi connectivity index (χ3v) is 8.14. The van der Waals surface area contributed by atoms with E-state index in [-0.39, 0.29) is 5.91 Å². The molecule has 4 fully saturated rings. The quantitative estimate of drug-likeness (QED) is 0.698. The second kappa shape index (κ2) is 9.97. The number of piperazine rings is 1. The van der Waals surface area contributed by atoms with Gasteiger partial charge in [-0.05, 0) is 49.8 Å². The van der Waals surface area contributed by atoms with Crippen molar-refractivity contribution in [2.24, 2.45) is 11.8 Å². The van der Waals surface area contributed by atoms with Crippen LogP contribution >= 0.6 is 0 Å². The summed E-state index contributed by atoms with van der Waals surface area (Å²) in [5.74, 6) is 2.31. The third-order valence-electron chi connectivity index (χ3n) is 8.14. The van der Waals surface area contributed by atoms with Crippen LogP contribution in [-0.4, -0.2) is 103 Å². The summed E-state index contributed by atoms with van der Waals surface area (Å²) in [6.07, 6.45) is 5.82. The highest BCUT2D eigenvalue weighted by Gasteiger charge is 2.44. The zero-order valence-electron chi connectivity index (χ0n) is 19.9. The predicted molar refractivity (Wildman–Crippen MR) is 128 cm³/mol. The molecule has 1 aromatic rings. The van der Waals surface area contributed by atoms with Crippen molar-refractivity contribution in [3.8, 4) is 0 Å². The Hall–Kier alpha value is -2.19. The maximum absolute atomic E-state index is 12.6. The molecule has 2 unspecified atom stereocenters. The Morgan fingerprint density at radius 3 is 2.70 bits per heavy atom. The number of fused-ring (bicyclic) bond motifs is 4. The van der Waals surface area contributed by atoms with E-state index in [0.717, 1.165) is 84.0 Å². The van der Waals surface area contributed by atoms with Gasteiger partial charge in [-0.3, -0.25) is 14.5 Å². The van der Waals surface area contributed by atoms with E-state index in [2.05, 4.69) is 36.8 Å². The molecule has 180 valence electrons. The third kappa shape index (κ3) is 5.01. The minimum Gasteiger partial charge on any atom is -0.356 e. The monoisotopic (exact) mass is 454 g/mol. The number of rotatable bonds is 6. The van der Waals surface area contributed by atoms with Crippen LogP contribution in [0.3, 0.4) is 0 Å². The van der Waals surface area contributed by atoms with Crippen molar-refractivity contribution < 1.29 is 9.59 Å². The van der Waals surface area contributed by atoms with Crippen molar-refractivity contribution in [1.82, 2.24) is 25.0 Å². The summed E-state index contributed by atoms with van der Waals surface area (Å²) in [5.41, 5.74) is 0.621. The molecule has 2 amide bonds. The number of carbonyl (C=O) groups excluding carboxylic acids is 2. The van der Waals surface area contributed by atoms with Gasteiger partial charge in [0.15, 0.2) is 0 Å². The van der Waals surface area contributed by atoms with Gasteiger partial charge in [0.25, 0.3) is 5.91 Å². The second-order valence-corrected chi connectivity index (χ2v) is 10.2. The van der Waals surface area contributed by atoms with Gasteiger partial charge in [0, 0.05) is 77.6 Å².